The first-order chi connectivity index (χ1) is 34.4. The number of hydrogen-bond donors (Lipinski definition) is 2. The second-order valence-electron chi connectivity index (χ2n) is 17.3. The van der Waals surface area contributed by atoms with Crippen LogP contribution < -0.4 is 10.6 Å². The summed E-state index contributed by atoms with van der Waals surface area (Å²) in [5.41, 5.74) is 2.95. The lowest BCUT2D eigenvalue weighted by Crippen LogP contribution is -2.71. The first kappa shape index (κ1) is 48.8. The molecule has 1 saturated heterocycles. The van der Waals surface area contributed by atoms with Crippen molar-refractivity contribution in [3.8, 4) is 0 Å². The molecule has 0 bridgehead atoms. The minimum atomic E-state index is -1.37. The van der Waals surface area contributed by atoms with E-state index in [9.17, 15) is 14.4 Å². The van der Waals surface area contributed by atoms with Crippen LogP contribution in [0.25, 0.3) is 0 Å². The fourth-order valence-electron chi connectivity index (χ4n) is 8.06. The van der Waals surface area contributed by atoms with E-state index in [2.05, 4.69) is 31.1 Å². The predicted molar refractivity (Wildman–Crippen MR) is 279 cm³/mol. The number of aromatic nitrogens is 5. The number of hydrogen-bond acceptors (Lipinski definition) is 15. The molecular formula is C52H47N9O6S4. The largest absolute Gasteiger partial charge is 0.469 e. The maximum Gasteiger partial charge on any atom is 0.413 e. The SMILES string of the molecule is Cn1nnnc1SCC1=C(C(=S)OC(c2ccccc2)c2ccccc2)N2C(=O)[C@@H](NC(=O)/C(=N/OC(c3ccccc3)(c3ccccc3)c3ccccc3)c3csc(NC(=O)OC(C)(C)C)n3)[C@H]2SC1. The number of fused-ring (bicyclic) bond motifs is 1. The summed E-state index contributed by atoms with van der Waals surface area (Å²) in [7, 11) is 1.76. The minimum Gasteiger partial charge on any atom is -0.469 e. The molecule has 0 aliphatic carbocycles. The van der Waals surface area contributed by atoms with Crippen molar-refractivity contribution >= 4 is 80.9 Å². The molecule has 71 heavy (non-hydrogen) atoms. The highest BCUT2D eigenvalue weighted by Gasteiger charge is 2.54. The summed E-state index contributed by atoms with van der Waals surface area (Å²) in [5.74, 6) is -0.302. The van der Waals surface area contributed by atoms with E-state index in [1.807, 2.05) is 152 Å². The summed E-state index contributed by atoms with van der Waals surface area (Å²) in [6.07, 6.45) is -1.31. The van der Waals surface area contributed by atoms with Gasteiger partial charge in [0.25, 0.3) is 11.8 Å². The summed E-state index contributed by atoms with van der Waals surface area (Å²) in [6, 6.07) is 47.2. The summed E-state index contributed by atoms with van der Waals surface area (Å²) in [4.78, 5) is 55.6. The monoisotopic (exact) mass is 1020 g/mol. The number of rotatable bonds is 16. The van der Waals surface area contributed by atoms with E-state index in [4.69, 9.17) is 31.7 Å². The molecule has 9 rings (SSSR count). The average Bonchev–Trinajstić information content (AvgIpc) is 4.03. The van der Waals surface area contributed by atoms with E-state index in [1.54, 1.807) is 42.8 Å². The molecule has 3 amide bonds. The number of thiazole rings is 1. The van der Waals surface area contributed by atoms with Crippen molar-refractivity contribution in [2.45, 2.75) is 54.6 Å². The summed E-state index contributed by atoms with van der Waals surface area (Å²) in [5, 5.41) is 24.1. The highest BCUT2D eigenvalue weighted by atomic mass is 32.2. The lowest BCUT2D eigenvalue weighted by molar-refractivity contribution is -0.144. The molecule has 7 aromatic rings. The molecule has 15 nitrogen and oxygen atoms in total. The van der Waals surface area contributed by atoms with Crippen LogP contribution in [-0.4, -0.2) is 87.3 Å². The number of β-lactam (4-membered cyclic amide) rings is 1. The minimum absolute atomic E-state index is 0.0853. The number of aryl methyl sites for hydroxylation is 1. The first-order valence-corrected chi connectivity index (χ1v) is 25.7. The van der Waals surface area contributed by atoms with Crippen LogP contribution in [0.15, 0.2) is 179 Å². The molecule has 19 heteroatoms. The Hall–Kier alpha value is -7.19. The second-order valence-corrected chi connectivity index (χ2v) is 20.5. The molecule has 2 aliphatic heterocycles. The van der Waals surface area contributed by atoms with Crippen LogP contribution in [-0.2, 0) is 36.5 Å². The van der Waals surface area contributed by atoms with E-state index < -0.39 is 46.6 Å². The van der Waals surface area contributed by atoms with Gasteiger partial charge in [0.05, 0.1) is 5.70 Å². The van der Waals surface area contributed by atoms with Gasteiger partial charge in [-0.1, -0.05) is 169 Å². The Balaban J connectivity index is 1.06. The van der Waals surface area contributed by atoms with Gasteiger partial charge in [0.2, 0.25) is 15.8 Å². The Morgan fingerprint density at radius 2 is 1.39 bits per heavy atom. The maximum absolute atomic E-state index is 15.0. The van der Waals surface area contributed by atoms with Crippen LogP contribution in [0.5, 0.6) is 0 Å². The number of benzene rings is 5. The predicted octanol–water partition coefficient (Wildman–Crippen LogP) is 9.31. The van der Waals surface area contributed by atoms with E-state index >= 15 is 0 Å². The highest BCUT2D eigenvalue weighted by Crippen LogP contribution is 2.44. The summed E-state index contributed by atoms with van der Waals surface area (Å²) in [6.45, 7) is 5.25. The molecule has 360 valence electrons. The molecule has 1 fully saturated rings. The Bertz CT molecular complexity index is 2940. The third-order valence-corrected chi connectivity index (χ3v) is 14.8. The standard InChI is InChI=1S/C52H47N9O6S4/c1-51(2,3)66-50(64)55-48-53-39(32-70-48)40(57-67-52(36-24-14-7-15-25-36,37-26-16-8-17-27-37)38-28-18-9-19-29-38)44(62)54-41-45(63)61-42(35(30-69-46(41)61)31-71-49-56-58-59-60(49)4)47(68)65-43(33-20-10-5-11-21-33)34-22-12-6-13-23-34/h5-29,32,41,43,46H,30-31H2,1-4H3,(H,54,62)(H,53,55,64)/b57-40+/t41-,46-/m1/s1. The van der Waals surface area contributed by atoms with E-state index in [0.717, 1.165) is 44.7 Å². The molecule has 0 unspecified atom stereocenters. The van der Waals surface area contributed by atoms with Gasteiger partial charge < -0.3 is 19.6 Å². The fourth-order valence-corrected chi connectivity index (χ4v) is 11.4. The first-order valence-electron chi connectivity index (χ1n) is 22.4. The zero-order valence-corrected chi connectivity index (χ0v) is 42.1. The van der Waals surface area contributed by atoms with Crippen LogP contribution in [0, 0.1) is 0 Å². The molecular weight excluding hydrogens is 975 g/mol. The number of thioether (sulfide) groups is 2. The van der Waals surface area contributed by atoms with Gasteiger partial charge in [-0.3, -0.25) is 19.8 Å². The van der Waals surface area contributed by atoms with Gasteiger partial charge in [0, 0.05) is 40.6 Å². The third-order valence-electron chi connectivity index (χ3n) is 11.3. The number of carbonyl (C=O) groups excluding carboxylic acids is 3. The van der Waals surface area contributed by atoms with Gasteiger partial charge in [-0.25, -0.2) is 14.5 Å². The van der Waals surface area contributed by atoms with Crippen molar-refractivity contribution in [1.29, 1.82) is 0 Å². The second kappa shape index (κ2) is 21.4. The Kier molecular flexibility index (Phi) is 14.7. The van der Waals surface area contributed by atoms with Gasteiger partial charge in [-0.2, -0.15) is 0 Å². The van der Waals surface area contributed by atoms with Crippen molar-refractivity contribution < 1.29 is 28.7 Å². The number of amides is 3. The number of oxime groups is 1. The van der Waals surface area contributed by atoms with Crippen LogP contribution >= 0.6 is 47.1 Å². The quantitative estimate of drug-likeness (QED) is 0.0234. The van der Waals surface area contributed by atoms with Crippen molar-refractivity contribution in [1.82, 2.24) is 35.4 Å². The van der Waals surface area contributed by atoms with Crippen molar-refractivity contribution in [3.63, 3.8) is 0 Å². The lowest BCUT2D eigenvalue weighted by Gasteiger charge is -2.50. The molecule has 2 aliphatic rings. The Morgan fingerprint density at radius 1 is 0.845 bits per heavy atom. The van der Waals surface area contributed by atoms with E-state index in [0.29, 0.717) is 22.4 Å². The molecule has 2 aromatic heterocycles. The Morgan fingerprint density at radius 3 is 1.92 bits per heavy atom. The van der Waals surface area contributed by atoms with Gasteiger partial charge >= 0.3 is 6.09 Å². The molecule has 0 radical (unpaired) electrons. The van der Waals surface area contributed by atoms with Crippen molar-refractivity contribution in [2.75, 3.05) is 16.8 Å². The highest BCUT2D eigenvalue weighted by molar-refractivity contribution is 8.01. The average molecular weight is 1020 g/mol. The zero-order valence-electron chi connectivity index (χ0n) is 38.9. The normalized spacial score (nSPS) is 15.9. The lowest BCUT2D eigenvalue weighted by atomic mass is 9.80. The number of nitrogens with zero attached hydrogens (tertiary/aromatic N) is 7. The number of tetrazole rings is 1. The smallest absolute Gasteiger partial charge is 0.413 e. The molecule has 4 heterocycles. The van der Waals surface area contributed by atoms with Gasteiger partial charge in [-0.05, 0) is 60.1 Å². The molecule has 2 N–H and O–H groups in total. The number of thiocarbonyl (C=S) groups is 1. The van der Waals surface area contributed by atoms with Crippen molar-refractivity contribution in [3.05, 3.63) is 202 Å². The van der Waals surface area contributed by atoms with Crippen LogP contribution in [0.3, 0.4) is 0 Å². The van der Waals surface area contributed by atoms with Crippen LogP contribution in [0.1, 0.15) is 60.4 Å². The number of carbonyl (C=O) groups is 3. The number of ether oxygens (including phenoxy) is 2. The Labute approximate surface area is 428 Å². The van der Waals surface area contributed by atoms with Crippen molar-refractivity contribution in [2.24, 2.45) is 12.2 Å². The fraction of sp³-hybridized carbons (Fsp3) is 0.212. The van der Waals surface area contributed by atoms with Crippen LogP contribution in [0.2, 0.25) is 0 Å². The summed E-state index contributed by atoms with van der Waals surface area (Å²) >= 11 is 10.1. The summed E-state index contributed by atoms with van der Waals surface area (Å²) < 4.78 is 13.8. The molecule has 5 aromatic carbocycles. The molecule has 0 spiro atoms. The van der Waals surface area contributed by atoms with Gasteiger partial charge in [0.1, 0.15) is 28.8 Å². The van der Waals surface area contributed by atoms with E-state index in [1.165, 1.54) is 23.5 Å². The number of nitrogens with one attached hydrogen (secondary N) is 2. The van der Waals surface area contributed by atoms with E-state index in [-0.39, 0.29) is 21.6 Å². The van der Waals surface area contributed by atoms with Gasteiger partial charge in [-0.15, -0.1) is 28.2 Å². The zero-order chi connectivity index (χ0) is 49.5. The molecule has 0 saturated carbocycles. The third kappa shape index (κ3) is 10.8. The maximum atomic E-state index is 15.0. The topological polar surface area (TPSA) is 175 Å². The number of anilines is 1. The van der Waals surface area contributed by atoms with Crippen LogP contribution in [0.4, 0.5) is 9.93 Å². The van der Waals surface area contributed by atoms with Gasteiger partial charge in [0.15, 0.2) is 10.8 Å². The molecule has 2 atom stereocenters.